The molecule has 0 radical (unpaired) electrons. The third-order valence-corrected chi connectivity index (χ3v) is 2.36. The zero-order valence-electron chi connectivity index (χ0n) is 5.29. The monoisotopic (exact) mass is 157 g/mol. The lowest BCUT2D eigenvalue weighted by atomic mass is 10.4. The molecule has 1 aliphatic rings. The van der Waals surface area contributed by atoms with E-state index in [4.69, 9.17) is 15.2 Å². The van der Waals surface area contributed by atoms with Gasteiger partial charge in [0.1, 0.15) is 0 Å². The van der Waals surface area contributed by atoms with Gasteiger partial charge in [0.05, 0.1) is 4.88 Å². The Bertz CT molecular complexity index is 246. The molecule has 4 heteroatoms. The minimum Gasteiger partial charge on any atom is -0.453 e. The zero-order chi connectivity index (χ0) is 6.97. The summed E-state index contributed by atoms with van der Waals surface area (Å²) in [4.78, 5) is 1.06. The molecule has 1 aliphatic heterocycles. The van der Waals surface area contributed by atoms with Crippen molar-refractivity contribution >= 4 is 11.3 Å². The van der Waals surface area contributed by atoms with E-state index in [1.165, 1.54) is 0 Å². The summed E-state index contributed by atoms with van der Waals surface area (Å²) in [6.07, 6.45) is 0. The lowest BCUT2D eigenvalue weighted by Gasteiger charge is -1.93. The van der Waals surface area contributed by atoms with Gasteiger partial charge in [-0.25, -0.2) is 0 Å². The summed E-state index contributed by atoms with van der Waals surface area (Å²) in [7, 11) is 0. The van der Waals surface area contributed by atoms with Gasteiger partial charge in [0.2, 0.25) is 6.79 Å². The predicted octanol–water partition coefficient (Wildman–Crippen LogP) is 0.935. The molecule has 54 valence electrons. The minimum atomic E-state index is 0.339. The van der Waals surface area contributed by atoms with E-state index >= 15 is 0 Å². The van der Waals surface area contributed by atoms with Crippen LogP contribution >= 0.6 is 11.3 Å². The molecule has 0 saturated heterocycles. The number of ether oxygens (including phenoxy) is 2. The third kappa shape index (κ3) is 0.693. The molecular formula is C6H7NO2S. The SMILES string of the molecule is NCc1scc2c1OCO2. The van der Waals surface area contributed by atoms with E-state index in [2.05, 4.69) is 0 Å². The van der Waals surface area contributed by atoms with Crippen LogP contribution in [0.3, 0.4) is 0 Å². The average molecular weight is 157 g/mol. The van der Waals surface area contributed by atoms with Crippen molar-refractivity contribution in [3.8, 4) is 11.5 Å². The minimum absolute atomic E-state index is 0.339. The van der Waals surface area contributed by atoms with Crippen LogP contribution in [-0.4, -0.2) is 6.79 Å². The maximum Gasteiger partial charge on any atom is 0.231 e. The molecular weight excluding hydrogens is 150 g/mol. The van der Waals surface area contributed by atoms with E-state index in [1.807, 2.05) is 5.38 Å². The van der Waals surface area contributed by atoms with Gasteiger partial charge in [-0.15, -0.1) is 11.3 Å². The van der Waals surface area contributed by atoms with Gasteiger partial charge in [0.25, 0.3) is 0 Å². The van der Waals surface area contributed by atoms with Crippen LogP contribution in [-0.2, 0) is 6.54 Å². The van der Waals surface area contributed by atoms with E-state index < -0.39 is 0 Å². The third-order valence-electron chi connectivity index (χ3n) is 1.39. The maximum absolute atomic E-state index is 5.44. The second kappa shape index (κ2) is 2.14. The molecule has 10 heavy (non-hydrogen) atoms. The van der Waals surface area contributed by atoms with Crippen molar-refractivity contribution in [2.45, 2.75) is 6.54 Å². The molecule has 0 atom stereocenters. The van der Waals surface area contributed by atoms with Crippen molar-refractivity contribution in [3.05, 3.63) is 10.3 Å². The summed E-state index contributed by atoms with van der Waals surface area (Å²) in [6, 6.07) is 0. The fraction of sp³-hybridized carbons (Fsp3) is 0.333. The molecule has 0 spiro atoms. The average Bonchev–Trinajstić information content (AvgIpc) is 2.44. The number of rotatable bonds is 1. The van der Waals surface area contributed by atoms with Crippen molar-refractivity contribution in [1.82, 2.24) is 0 Å². The number of hydrogen-bond acceptors (Lipinski definition) is 4. The van der Waals surface area contributed by atoms with E-state index in [9.17, 15) is 0 Å². The Kier molecular flexibility index (Phi) is 1.28. The highest BCUT2D eigenvalue weighted by molar-refractivity contribution is 7.10. The Morgan fingerprint density at radius 1 is 1.60 bits per heavy atom. The van der Waals surface area contributed by atoms with E-state index in [-0.39, 0.29) is 0 Å². The van der Waals surface area contributed by atoms with Crippen LogP contribution in [0.4, 0.5) is 0 Å². The van der Waals surface area contributed by atoms with Gasteiger partial charge < -0.3 is 15.2 Å². The number of fused-ring (bicyclic) bond motifs is 1. The van der Waals surface area contributed by atoms with Crippen molar-refractivity contribution < 1.29 is 9.47 Å². The van der Waals surface area contributed by atoms with Crippen molar-refractivity contribution in [3.63, 3.8) is 0 Å². The quantitative estimate of drug-likeness (QED) is 0.659. The van der Waals surface area contributed by atoms with Crippen LogP contribution in [0.15, 0.2) is 5.38 Å². The van der Waals surface area contributed by atoms with Crippen LogP contribution in [0.1, 0.15) is 4.88 Å². The Morgan fingerprint density at radius 3 is 3.30 bits per heavy atom. The first-order valence-electron chi connectivity index (χ1n) is 2.98. The van der Waals surface area contributed by atoms with Gasteiger partial charge in [0.15, 0.2) is 11.5 Å². The molecule has 0 saturated carbocycles. The second-order valence-electron chi connectivity index (χ2n) is 1.96. The van der Waals surface area contributed by atoms with Crippen molar-refractivity contribution in [2.75, 3.05) is 6.79 Å². The lowest BCUT2D eigenvalue weighted by Crippen LogP contribution is -1.97. The smallest absolute Gasteiger partial charge is 0.231 e. The van der Waals surface area contributed by atoms with Crippen LogP contribution < -0.4 is 15.2 Å². The Morgan fingerprint density at radius 2 is 2.50 bits per heavy atom. The summed E-state index contributed by atoms with van der Waals surface area (Å²) in [5, 5.41) is 1.92. The molecule has 2 N–H and O–H groups in total. The van der Waals surface area contributed by atoms with Gasteiger partial charge in [0, 0.05) is 11.9 Å². The molecule has 0 unspecified atom stereocenters. The first-order valence-corrected chi connectivity index (χ1v) is 3.86. The molecule has 0 amide bonds. The highest BCUT2D eigenvalue weighted by Crippen LogP contribution is 2.40. The molecule has 1 aromatic rings. The molecule has 2 rings (SSSR count). The number of nitrogens with two attached hydrogens (primary N) is 1. The van der Waals surface area contributed by atoms with E-state index in [1.54, 1.807) is 11.3 Å². The highest BCUT2D eigenvalue weighted by atomic mass is 32.1. The highest BCUT2D eigenvalue weighted by Gasteiger charge is 2.18. The molecule has 0 aromatic carbocycles. The first-order chi connectivity index (χ1) is 4.92. The Balaban J connectivity index is 2.44. The summed E-state index contributed by atoms with van der Waals surface area (Å²) in [5.74, 6) is 1.68. The van der Waals surface area contributed by atoms with Gasteiger partial charge in [-0.05, 0) is 0 Å². The molecule has 2 heterocycles. The Hall–Kier alpha value is -0.740. The summed E-state index contributed by atoms with van der Waals surface area (Å²) >= 11 is 1.58. The Labute approximate surface area is 62.4 Å². The van der Waals surface area contributed by atoms with Crippen LogP contribution in [0.2, 0.25) is 0 Å². The molecule has 0 fully saturated rings. The van der Waals surface area contributed by atoms with Gasteiger partial charge >= 0.3 is 0 Å². The molecule has 0 aliphatic carbocycles. The fourth-order valence-electron chi connectivity index (χ4n) is 0.913. The number of hydrogen-bond donors (Lipinski definition) is 1. The van der Waals surface area contributed by atoms with E-state index in [0.29, 0.717) is 13.3 Å². The predicted molar refractivity (Wildman–Crippen MR) is 38.3 cm³/mol. The van der Waals surface area contributed by atoms with Crippen LogP contribution in [0.5, 0.6) is 11.5 Å². The van der Waals surface area contributed by atoms with Crippen molar-refractivity contribution in [2.24, 2.45) is 5.73 Å². The fourth-order valence-corrected chi connectivity index (χ4v) is 1.70. The molecule has 1 aromatic heterocycles. The largest absolute Gasteiger partial charge is 0.453 e. The van der Waals surface area contributed by atoms with Gasteiger partial charge in [-0.1, -0.05) is 0 Å². The topological polar surface area (TPSA) is 44.5 Å². The summed E-state index contributed by atoms with van der Waals surface area (Å²) < 4.78 is 10.3. The van der Waals surface area contributed by atoms with Crippen LogP contribution in [0.25, 0.3) is 0 Å². The van der Waals surface area contributed by atoms with Gasteiger partial charge in [-0.2, -0.15) is 0 Å². The summed E-state index contributed by atoms with van der Waals surface area (Å²) in [6.45, 7) is 0.870. The van der Waals surface area contributed by atoms with E-state index in [0.717, 1.165) is 16.4 Å². The number of thiophene rings is 1. The maximum atomic E-state index is 5.44. The molecule has 0 bridgehead atoms. The normalized spacial score (nSPS) is 14.1. The molecule has 3 nitrogen and oxygen atoms in total. The lowest BCUT2D eigenvalue weighted by molar-refractivity contribution is 0.173. The summed E-state index contributed by atoms with van der Waals surface area (Å²) in [5.41, 5.74) is 5.44. The zero-order valence-corrected chi connectivity index (χ0v) is 6.11. The van der Waals surface area contributed by atoms with Crippen molar-refractivity contribution in [1.29, 1.82) is 0 Å². The van der Waals surface area contributed by atoms with Gasteiger partial charge in [-0.3, -0.25) is 0 Å². The standard InChI is InChI=1S/C6H7NO2S/c7-1-5-6-4(2-10-5)8-3-9-6/h2H,1,3,7H2. The van der Waals surface area contributed by atoms with Crippen LogP contribution in [0, 0.1) is 0 Å². The first kappa shape index (κ1) is 6.00. The second-order valence-corrected chi connectivity index (χ2v) is 2.93.